The van der Waals surface area contributed by atoms with Gasteiger partial charge in [-0.1, -0.05) is 115 Å². The summed E-state index contributed by atoms with van der Waals surface area (Å²) in [6.45, 7) is 0. The molecular weight excluding hydrogens is 713 g/mol. The van der Waals surface area contributed by atoms with Gasteiger partial charge < -0.3 is 4.18 Å². The van der Waals surface area contributed by atoms with Crippen LogP contribution in [0.1, 0.15) is 0 Å². The van der Waals surface area contributed by atoms with Gasteiger partial charge in [0.25, 0.3) is 0 Å². The Kier molecular flexibility index (Phi) is 8.78. The fraction of sp³-hybridized carbons (Fsp3) is 0.114. The van der Waals surface area contributed by atoms with Crippen molar-refractivity contribution in [3.05, 3.63) is 121 Å². The number of benzene rings is 5. The second-order valence-electron chi connectivity index (χ2n) is 11.0. The van der Waals surface area contributed by atoms with Crippen molar-refractivity contribution in [2.75, 3.05) is 0 Å². The predicted octanol–water partition coefficient (Wildman–Crippen LogP) is 9.83. The van der Waals surface area contributed by atoms with E-state index in [9.17, 15) is 47.9 Å². The average molecular weight is 734 g/mol. The highest BCUT2D eigenvalue weighted by Gasteiger charge is 2.86. The van der Waals surface area contributed by atoms with Crippen molar-refractivity contribution >= 4 is 20.9 Å². The molecule has 0 spiro atoms. The largest absolute Gasteiger partial charge is 0.460 e. The van der Waals surface area contributed by atoms with Gasteiger partial charge in [-0.05, 0) is 22.6 Å². The van der Waals surface area contributed by atoms with Crippen LogP contribution in [0.4, 0.5) is 39.5 Å². The number of hydrogen-bond donors (Lipinski definition) is 0. The molecule has 6 nitrogen and oxygen atoms in total. The van der Waals surface area contributed by atoms with Gasteiger partial charge in [0.15, 0.2) is 23.2 Å². The highest BCUT2D eigenvalue weighted by Crippen LogP contribution is 2.55. The zero-order valence-electron chi connectivity index (χ0n) is 25.4. The Morgan fingerprint density at radius 3 is 1.37 bits per heavy atom. The van der Waals surface area contributed by atoms with Gasteiger partial charge in [-0.2, -0.15) is 47.9 Å². The summed E-state index contributed by atoms with van der Waals surface area (Å²) < 4.78 is 151. The normalized spacial score (nSPS) is 13.0. The van der Waals surface area contributed by atoms with Crippen LogP contribution in [0.5, 0.6) is 5.75 Å². The minimum absolute atomic E-state index is 0.103. The van der Waals surface area contributed by atoms with E-state index in [2.05, 4.69) is 19.1 Å². The van der Waals surface area contributed by atoms with E-state index in [-0.39, 0.29) is 22.2 Å². The van der Waals surface area contributed by atoms with Crippen molar-refractivity contribution in [2.24, 2.45) is 0 Å². The summed E-state index contributed by atoms with van der Waals surface area (Å²) in [4.78, 5) is 13.8. The molecule has 5 aromatic carbocycles. The molecule has 16 heteroatoms. The highest BCUT2D eigenvalue weighted by molar-refractivity contribution is 7.88. The standard InChI is InChI=1S/C35H20F9N3O3S/c36-32(37,34(40,41)42)33(38,39)35(43,44)51(48,49)50-27-16-8-14-22-13-7-15-26(28(22)27)21-17-19-25(20-18-21)31-46-29(23-9-3-1-4-10-23)45-30(47-31)24-11-5-2-6-12-24/h1-20H. The minimum Gasteiger partial charge on any atom is -0.377 e. The van der Waals surface area contributed by atoms with E-state index in [4.69, 9.17) is 0 Å². The van der Waals surface area contributed by atoms with Gasteiger partial charge in [0.1, 0.15) is 0 Å². The van der Waals surface area contributed by atoms with Crippen LogP contribution in [0, 0.1) is 0 Å². The van der Waals surface area contributed by atoms with Crippen LogP contribution in [0.2, 0.25) is 0 Å². The van der Waals surface area contributed by atoms with E-state index in [1.165, 1.54) is 36.4 Å². The van der Waals surface area contributed by atoms with Gasteiger partial charge >= 0.3 is 33.4 Å². The van der Waals surface area contributed by atoms with Gasteiger partial charge in [-0.3, -0.25) is 0 Å². The number of halogens is 9. The number of rotatable bonds is 9. The molecule has 0 bridgehead atoms. The first-order valence-electron chi connectivity index (χ1n) is 14.6. The first kappa shape index (κ1) is 35.3. The monoisotopic (exact) mass is 733 g/mol. The summed E-state index contributed by atoms with van der Waals surface area (Å²) in [6, 6.07) is 31.9. The van der Waals surface area contributed by atoms with E-state index in [1.807, 2.05) is 60.7 Å². The Balaban J connectivity index is 1.40. The smallest absolute Gasteiger partial charge is 0.377 e. The van der Waals surface area contributed by atoms with Crippen molar-refractivity contribution in [1.29, 1.82) is 0 Å². The minimum atomic E-state index is -7.45. The number of nitrogens with zero attached hydrogens (tertiary/aromatic N) is 3. The summed E-state index contributed by atoms with van der Waals surface area (Å²) in [6.07, 6.45) is -7.22. The van der Waals surface area contributed by atoms with Gasteiger partial charge in [-0.25, -0.2) is 15.0 Å². The first-order valence-corrected chi connectivity index (χ1v) is 16.0. The molecule has 0 aliphatic heterocycles. The predicted molar refractivity (Wildman–Crippen MR) is 170 cm³/mol. The van der Waals surface area contributed by atoms with E-state index in [1.54, 1.807) is 12.1 Å². The zero-order valence-corrected chi connectivity index (χ0v) is 26.2. The van der Waals surface area contributed by atoms with Crippen LogP contribution in [0.15, 0.2) is 121 Å². The van der Waals surface area contributed by atoms with E-state index in [0.29, 0.717) is 33.9 Å². The molecule has 0 unspecified atom stereocenters. The summed E-state index contributed by atoms with van der Waals surface area (Å²) in [5.74, 6) is -14.9. The summed E-state index contributed by atoms with van der Waals surface area (Å²) >= 11 is 0. The maximum absolute atomic E-state index is 14.5. The van der Waals surface area contributed by atoms with Crippen LogP contribution in [0.3, 0.4) is 0 Å². The molecule has 0 aliphatic rings. The maximum Gasteiger partial charge on any atom is 0.460 e. The third-order valence-corrected chi connectivity index (χ3v) is 8.93. The molecule has 51 heavy (non-hydrogen) atoms. The molecule has 0 radical (unpaired) electrons. The van der Waals surface area contributed by atoms with Crippen molar-refractivity contribution in [2.45, 2.75) is 23.3 Å². The number of alkyl halides is 9. The third-order valence-electron chi connectivity index (χ3n) is 7.65. The topological polar surface area (TPSA) is 82.0 Å². The Labute approximate surface area is 283 Å². The summed E-state index contributed by atoms with van der Waals surface area (Å²) in [5, 5.41) is -7.16. The molecule has 1 heterocycles. The fourth-order valence-electron chi connectivity index (χ4n) is 5.04. The molecule has 0 amide bonds. The summed E-state index contributed by atoms with van der Waals surface area (Å²) in [7, 11) is -7.19. The molecule has 1 aromatic heterocycles. The van der Waals surface area contributed by atoms with Crippen molar-refractivity contribution in [3.8, 4) is 51.0 Å². The second kappa shape index (κ2) is 12.7. The Morgan fingerprint density at radius 2 is 0.902 bits per heavy atom. The van der Waals surface area contributed by atoms with Crippen LogP contribution in [0.25, 0.3) is 56.1 Å². The van der Waals surface area contributed by atoms with Crippen LogP contribution >= 0.6 is 0 Å². The molecule has 0 atom stereocenters. The summed E-state index contributed by atoms with van der Waals surface area (Å²) in [5.41, 5.74) is 2.31. The van der Waals surface area contributed by atoms with Crippen molar-refractivity contribution in [3.63, 3.8) is 0 Å². The lowest BCUT2D eigenvalue weighted by Gasteiger charge is -2.32. The SMILES string of the molecule is O=S(=O)(Oc1cccc2cccc(-c3ccc(-c4nc(-c5ccccc5)nc(-c5ccccc5)n4)cc3)c12)C(F)(F)C(F)(F)C(F)(F)C(F)(F)F. The van der Waals surface area contributed by atoms with Crippen molar-refractivity contribution < 1.29 is 52.1 Å². The third kappa shape index (κ3) is 6.24. The van der Waals surface area contributed by atoms with Gasteiger partial charge in [0, 0.05) is 22.1 Å². The molecule has 0 saturated heterocycles. The first-order chi connectivity index (χ1) is 23.9. The van der Waals surface area contributed by atoms with Gasteiger partial charge in [-0.15, -0.1) is 0 Å². The second-order valence-corrected chi connectivity index (χ2v) is 12.6. The van der Waals surface area contributed by atoms with Gasteiger partial charge in [0.2, 0.25) is 0 Å². The lowest BCUT2D eigenvalue weighted by atomic mass is 9.97. The van der Waals surface area contributed by atoms with E-state index in [0.717, 1.165) is 12.1 Å². The molecule has 0 N–H and O–H groups in total. The molecule has 0 aliphatic carbocycles. The quantitative estimate of drug-likeness (QED) is 0.109. The fourth-order valence-corrected chi connectivity index (χ4v) is 5.96. The average Bonchev–Trinajstić information content (AvgIpc) is 3.11. The molecule has 6 rings (SSSR count). The lowest BCUT2D eigenvalue weighted by molar-refractivity contribution is -0.382. The number of hydrogen-bond acceptors (Lipinski definition) is 6. The van der Waals surface area contributed by atoms with E-state index < -0.39 is 39.1 Å². The number of fused-ring (bicyclic) bond motifs is 1. The lowest BCUT2D eigenvalue weighted by Crippen LogP contribution is -2.63. The Morgan fingerprint density at radius 1 is 0.471 bits per heavy atom. The zero-order chi connectivity index (χ0) is 36.8. The van der Waals surface area contributed by atoms with Crippen LogP contribution in [-0.4, -0.2) is 46.6 Å². The number of aromatic nitrogens is 3. The molecular formula is C35H20F9N3O3S. The van der Waals surface area contributed by atoms with Crippen LogP contribution < -0.4 is 4.18 Å². The maximum atomic E-state index is 14.5. The molecule has 262 valence electrons. The molecule has 0 saturated carbocycles. The van der Waals surface area contributed by atoms with E-state index >= 15 is 0 Å². The Bertz CT molecular complexity index is 2260. The van der Waals surface area contributed by atoms with Crippen molar-refractivity contribution in [1.82, 2.24) is 15.0 Å². The Hall–Kier alpha value is -5.51. The van der Waals surface area contributed by atoms with Crippen LogP contribution in [-0.2, 0) is 10.1 Å². The highest BCUT2D eigenvalue weighted by atomic mass is 32.2. The van der Waals surface area contributed by atoms with Gasteiger partial charge in [0.05, 0.1) is 0 Å². The molecule has 0 fully saturated rings. The molecule has 6 aromatic rings.